The summed E-state index contributed by atoms with van der Waals surface area (Å²) >= 11 is 0. The highest BCUT2D eigenvalue weighted by molar-refractivity contribution is 6.03. The highest BCUT2D eigenvalue weighted by Crippen LogP contribution is 2.21. The van der Waals surface area contributed by atoms with Crippen molar-refractivity contribution in [3.05, 3.63) is 83.7 Å². The monoisotopic (exact) mass is 386 g/mol. The molecule has 1 N–H and O–H groups in total. The molecule has 3 aromatic rings. The fourth-order valence-electron chi connectivity index (χ4n) is 2.57. The Morgan fingerprint density at radius 2 is 1.79 bits per heavy atom. The van der Waals surface area contributed by atoms with Crippen LogP contribution in [0.3, 0.4) is 0 Å². The third kappa shape index (κ3) is 4.46. The number of carbonyl (C=O) groups is 1. The van der Waals surface area contributed by atoms with Crippen molar-refractivity contribution in [3.63, 3.8) is 0 Å². The zero-order valence-corrected chi connectivity index (χ0v) is 15.0. The van der Waals surface area contributed by atoms with E-state index in [2.05, 4.69) is 15.3 Å². The van der Waals surface area contributed by atoms with Gasteiger partial charge in [0.2, 0.25) is 0 Å². The van der Waals surface area contributed by atoms with Gasteiger partial charge in [0.25, 0.3) is 5.91 Å². The van der Waals surface area contributed by atoms with Gasteiger partial charge in [0, 0.05) is 37.9 Å². The molecule has 5 nitrogen and oxygen atoms in total. The number of aromatic nitrogens is 2. The van der Waals surface area contributed by atoms with E-state index in [0.717, 1.165) is 29.8 Å². The van der Waals surface area contributed by atoms with Crippen LogP contribution >= 0.6 is 0 Å². The summed E-state index contributed by atoms with van der Waals surface area (Å²) in [4.78, 5) is 22.2. The van der Waals surface area contributed by atoms with Crippen LogP contribution < -0.4 is 10.2 Å². The van der Waals surface area contributed by atoms with Crippen molar-refractivity contribution < 1.29 is 18.0 Å². The number of pyridine rings is 2. The number of nitrogens with zero attached hydrogens (tertiary/aromatic N) is 3. The molecule has 0 unspecified atom stereocenters. The number of hydrogen-bond acceptors (Lipinski definition) is 4. The third-order valence-corrected chi connectivity index (χ3v) is 4.19. The van der Waals surface area contributed by atoms with Crippen LogP contribution in [0.15, 0.2) is 55.0 Å². The Labute approximate surface area is 159 Å². The molecule has 0 aliphatic rings. The van der Waals surface area contributed by atoms with Crippen molar-refractivity contribution in [3.8, 4) is 0 Å². The maximum absolute atomic E-state index is 13.7. The zero-order chi connectivity index (χ0) is 20.1. The molecule has 3 rings (SSSR count). The fraction of sp³-hybridized carbons (Fsp3) is 0.150. The normalized spacial score (nSPS) is 10.6. The standard InChI is InChI=1S/C20H17F3N4O/c1-27(11-7-13-4-8-24-9-5-13)14-6-10-25-17(12-14)20(28)26-16-3-2-15(21)18(22)19(16)23/h2-6,8-10,12H,7,11H2,1H3,(H,26,28). The van der Waals surface area contributed by atoms with E-state index < -0.39 is 29.0 Å². The highest BCUT2D eigenvalue weighted by atomic mass is 19.2. The van der Waals surface area contributed by atoms with E-state index in [1.807, 2.05) is 24.1 Å². The summed E-state index contributed by atoms with van der Waals surface area (Å²) < 4.78 is 40.1. The molecule has 0 bridgehead atoms. The molecule has 0 fully saturated rings. The van der Waals surface area contributed by atoms with Gasteiger partial charge >= 0.3 is 0 Å². The van der Waals surface area contributed by atoms with E-state index in [9.17, 15) is 18.0 Å². The molecule has 144 valence electrons. The number of carbonyl (C=O) groups excluding carboxylic acids is 1. The number of hydrogen-bond donors (Lipinski definition) is 1. The Hall–Kier alpha value is -3.42. The summed E-state index contributed by atoms with van der Waals surface area (Å²) in [6.07, 6.45) is 5.68. The number of nitrogens with one attached hydrogen (secondary N) is 1. The van der Waals surface area contributed by atoms with E-state index >= 15 is 0 Å². The summed E-state index contributed by atoms with van der Waals surface area (Å²) in [5.41, 5.74) is 1.43. The maximum atomic E-state index is 13.7. The molecule has 0 saturated heterocycles. The Balaban J connectivity index is 1.70. The quantitative estimate of drug-likeness (QED) is 0.655. The second-order valence-corrected chi connectivity index (χ2v) is 6.10. The SMILES string of the molecule is CN(CCc1ccncc1)c1ccnc(C(=O)Nc2ccc(F)c(F)c2F)c1. The largest absolute Gasteiger partial charge is 0.374 e. The minimum Gasteiger partial charge on any atom is -0.374 e. The summed E-state index contributed by atoms with van der Waals surface area (Å²) in [6, 6.07) is 8.83. The van der Waals surface area contributed by atoms with Crippen LogP contribution in [0.1, 0.15) is 16.1 Å². The predicted octanol–water partition coefficient (Wildman–Crippen LogP) is 3.83. The Morgan fingerprint density at radius 3 is 2.54 bits per heavy atom. The first-order valence-corrected chi connectivity index (χ1v) is 8.46. The number of halogens is 3. The first-order valence-electron chi connectivity index (χ1n) is 8.46. The molecular formula is C20H17F3N4O. The first kappa shape index (κ1) is 19.3. The topological polar surface area (TPSA) is 58.1 Å². The van der Waals surface area contributed by atoms with Gasteiger partial charge in [-0.2, -0.15) is 0 Å². The van der Waals surface area contributed by atoms with Crippen LogP contribution in [0.2, 0.25) is 0 Å². The molecule has 1 amide bonds. The minimum absolute atomic E-state index is 0.0254. The molecule has 2 heterocycles. The van der Waals surface area contributed by atoms with Gasteiger partial charge in [0.15, 0.2) is 17.5 Å². The summed E-state index contributed by atoms with van der Waals surface area (Å²) in [5.74, 6) is -5.16. The van der Waals surface area contributed by atoms with Crippen molar-refractivity contribution in [1.82, 2.24) is 9.97 Å². The lowest BCUT2D eigenvalue weighted by molar-refractivity contribution is 0.102. The molecule has 2 aromatic heterocycles. The van der Waals surface area contributed by atoms with Gasteiger partial charge < -0.3 is 10.2 Å². The van der Waals surface area contributed by atoms with E-state index in [-0.39, 0.29) is 5.69 Å². The van der Waals surface area contributed by atoms with Crippen LogP contribution in [0, 0.1) is 17.5 Å². The predicted molar refractivity (Wildman–Crippen MR) is 99.7 cm³/mol. The molecule has 0 radical (unpaired) electrons. The molecule has 8 heteroatoms. The lowest BCUT2D eigenvalue weighted by atomic mass is 10.2. The summed E-state index contributed by atoms with van der Waals surface area (Å²) in [7, 11) is 1.87. The average Bonchev–Trinajstić information content (AvgIpc) is 2.73. The Bertz CT molecular complexity index is 982. The first-order chi connectivity index (χ1) is 13.5. The van der Waals surface area contributed by atoms with E-state index in [0.29, 0.717) is 6.54 Å². The molecule has 28 heavy (non-hydrogen) atoms. The zero-order valence-electron chi connectivity index (χ0n) is 15.0. The van der Waals surface area contributed by atoms with Crippen molar-refractivity contribution in [2.24, 2.45) is 0 Å². The molecule has 0 aliphatic heterocycles. The van der Waals surface area contributed by atoms with Gasteiger partial charge in [-0.05, 0) is 48.4 Å². The van der Waals surface area contributed by atoms with Crippen molar-refractivity contribution in [2.45, 2.75) is 6.42 Å². The molecule has 0 aliphatic carbocycles. The minimum atomic E-state index is -1.64. The van der Waals surface area contributed by atoms with Crippen LogP contribution in [0.4, 0.5) is 24.5 Å². The van der Waals surface area contributed by atoms with Crippen LogP contribution in [0.5, 0.6) is 0 Å². The maximum Gasteiger partial charge on any atom is 0.274 e. The second kappa shape index (κ2) is 8.51. The van der Waals surface area contributed by atoms with Crippen LogP contribution in [-0.4, -0.2) is 29.5 Å². The number of anilines is 2. The van der Waals surface area contributed by atoms with Gasteiger partial charge in [-0.15, -0.1) is 0 Å². The Morgan fingerprint density at radius 1 is 1.04 bits per heavy atom. The summed E-state index contributed by atoms with van der Waals surface area (Å²) in [6.45, 7) is 0.687. The number of amides is 1. The van der Waals surface area contributed by atoms with Crippen LogP contribution in [-0.2, 0) is 6.42 Å². The van der Waals surface area contributed by atoms with E-state index in [1.165, 1.54) is 6.20 Å². The van der Waals surface area contributed by atoms with E-state index in [1.54, 1.807) is 24.5 Å². The van der Waals surface area contributed by atoms with Gasteiger partial charge in [0.1, 0.15) is 5.69 Å². The number of benzene rings is 1. The number of rotatable bonds is 6. The number of likely N-dealkylation sites (N-methyl/N-ethyl adjacent to an activating group) is 1. The smallest absolute Gasteiger partial charge is 0.274 e. The molecule has 0 atom stereocenters. The van der Waals surface area contributed by atoms with Crippen molar-refractivity contribution in [2.75, 3.05) is 23.8 Å². The third-order valence-electron chi connectivity index (χ3n) is 4.19. The van der Waals surface area contributed by atoms with Gasteiger partial charge in [-0.1, -0.05) is 0 Å². The van der Waals surface area contributed by atoms with Crippen LogP contribution in [0.25, 0.3) is 0 Å². The van der Waals surface area contributed by atoms with Gasteiger partial charge in [0.05, 0.1) is 5.69 Å². The van der Waals surface area contributed by atoms with Gasteiger partial charge in [-0.3, -0.25) is 14.8 Å². The lowest BCUT2D eigenvalue weighted by Crippen LogP contribution is -2.22. The van der Waals surface area contributed by atoms with E-state index in [4.69, 9.17) is 0 Å². The van der Waals surface area contributed by atoms with Crippen molar-refractivity contribution in [1.29, 1.82) is 0 Å². The molecular weight excluding hydrogens is 369 g/mol. The molecule has 1 aromatic carbocycles. The average molecular weight is 386 g/mol. The highest BCUT2D eigenvalue weighted by Gasteiger charge is 2.17. The fourth-order valence-corrected chi connectivity index (χ4v) is 2.57. The Kier molecular flexibility index (Phi) is 5.88. The second-order valence-electron chi connectivity index (χ2n) is 6.10. The molecule has 0 saturated carbocycles. The van der Waals surface area contributed by atoms with Gasteiger partial charge in [-0.25, -0.2) is 13.2 Å². The summed E-state index contributed by atoms with van der Waals surface area (Å²) in [5, 5.41) is 2.21. The van der Waals surface area contributed by atoms with Crippen molar-refractivity contribution >= 4 is 17.3 Å². The molecule has 0 spiro atoms. The lowest BCUT2D eigenvalue weighted by Gasteiger charge is -2.19.